The van der Waals surface area contributed by atoms with Crippen LogP contribution in [0, 0.1) is 6.92 Å². The molecule has 1 N–H and O–H groups in total. The molecule has 0 bridgehead atoms. The standard InChI is InChI=1S/C14H19N3O2S/c1-10(13-9-20-11(2)17-13)16-12-4-5-14(15-8-12)19-7-6-18-3/h4-5,8-10,16H,6-7H2,1-3H3. The first-order chi connectivity index (χ1) is 9.69. The van der Waals surface area contributed by atoms with Crippen molar-refractivity contribution in [3.05, 3.63) is 34.4 Å². The topological polar surface area (TPSA) is 56.3 Å². The molecule has 2 rings (SSSR count). The molecule has 0 saturated carbocycles. The van der Waals surface area contributed by atoms with Crippen LogP contribution in [0.15, 0.2) is 23.7 Å². The summed E-state index contributed by atoms with van der Waals surface area (Å²) in [4.78, 5) is 8.72. The summed E-state index contributed by atoms with van der Waals surface area (Å²) in [5, 5.41) is 6.52. The maximum Gasteiger partial charge on any atom is 0.213 e. The van der Waals surface area contributed by atoms with Crippen molar-refractivity contribution in [2.45, 2.75) is 19.9 Å². The van der Waals surface area contributed by atoms with Crippen molar-refractivity contribution in [3.63, 3.8) is 0 Å². The van der Waals surface area contributed by atoms with E-state index in [1.54, 1.807) is 24.6 Å². The van der Waals surface area contributed by atoms with Crippen molar-refractivity contribution in [1.82, 2.24) is 9.97 Å². The average Bonchev–Trinajstić information content (AvgIpc) is 2.88. The van der Waals surface area contributed by atoms with Gasteiger partial charge in [-0.15, -0.1) is 11.3 Å². The number of nitrogens with one attached hydrogen (secondary N) is 1. The zero-order valence-corrected chi connectivity index (χ0v) is 12.7. The Balaban J connectivity index is 1.90. The quantitative estimate of drug-likeness (QED) is 0.795. The number of aryl methyl sites for hydroxylation is 1. The molecule has 0 aliphatic heterocycles. The van der Waals surface area contributed by atoms with Crippen LogP contribution in [0.1, 0.15) is 23.7 Å². The fraction of sp³-hybridized carbons (Fsp3) is 0.429. The number of rotatable bonds is 7. The van der Waals surface area contributed by atoms with Crippen LogP contribution < -0.4 is 10.1 Å². The minimum atomic E-state index is 0.155. The largest absolute Gasteiger partial charge is 0.475 e. The Morgan fingerprint density at radius 1 is 1.35 bits per heavy atom. The predicted molar refractivity (Wildman–Crippen MR) is 80.5 cm³/mol. The van der Waals surface area contributed by atoms with Gasteiger partial charge in [-0.25, -0.2) is 9.97 Å². The van der Waals surface area contributed by atoms with Crippen molar-refractivity contribution in [2.75, 3.05) is 25.6 Å². The van der Waals surface area contributed by atoms with Crippen LogP contribution in [-0.2, 0) is 4.74 Å². The van der Waals surface area contributed by atoms with E-state index in [4.69, 9.17) is 9.47 Å². The smallest absolute Gasteiger partial charge is 0.213 e. The van der Waals surface area contributed by atoms with Gasteiger partial charge < -0.3 is 14.8 Å². The highest BCUT2D eigenvalue weighted by molar-refractivity contribution is 7.09. The van der Waals surface area contributed by atoms with Crippen molar-refractivity contribution < 1.29 is 9.47 Å². The number of hydrogen-bond acceptors (Lipinski definition) is 6. The van der Waals surface area contributed by atoms with Gasteiger partial charge in [-0.2, -0.15) is 0 Å². The van der Waals surface area contributed by atoms with Crippen molar-refractivity contribution in [3.8, 4) is 5.88 Å². The highest BCUT2D eigenvalue weighted by Gasteiger charge is 2.08. The molecule has 0 saturated heterocycles. The number of nitrogens with zero attached hydrogens (tertiary/aromatic N) is 2. The van der Waals surface area contributed by atoms with E-state index in [1.807, 2.05) is 19.1 Å². The molecular weight excluding hydrogens is 274 g/mol. The van der Waals surface area contributed by atoms with Gasteiger partial charge in [0.05, 0.1) is 35.2 Å². The number of ether oxygens (including phenoxy) is 2. The molecule has 1 unspecified atom stereocenters. The average molecular weight is 293 g/mol. The van der Waals surface area contributed by atoms with E-state index in [0.717, 1.165) is 16.4 Å². The summed E-state index contributed by atoms with van der Waals surface area (Å²) in [6.07, 6.45) is 1.76. The fourth-order valence-electron chi connectivity index (χ4n) is 1.68. The van der Waals surface area contributed by atoms with Crippen molar-refractivity contribution in [1.29, 1.82) is 0 Å². The van der Waals surface area contributed by atoms with Gasteiger partial charge in [-0.3, -0.25) is 0 Å². The lowest BCUT2D eigenvalue weighted by Crippen LogP contribution is -2.08. The molecule has 0 amide bonds. The van der Waals surface area contributed by atoms with Gasteiger partial charge in [0, 0.05) is 18.6 Å². The van der Waals surface area contributed by atoms with Crippen molar-refractivity contribution in [2.24, 2.45) is 0 Å². The summed E-state index contributed by atoms with van der Waals surface area (Å²) >= 11 is 1.66. The molecule has 2 heterocycles. The molecule has 20 heavy (non-hydrogen) atoms. The van der Waals surface area contributed by atoms with Crippen molar-refractivity contribution >= 4 is 17.0 Å². The number of hydrogen-bond donors (Lipinski definition) is 1. The second kappa shape index (κ2) is 7.21. The van der Waals surface area contributed by atoms with Crippen LogP contribution in [0.4, 0.5) is 5.69 Å². The molecule has 5 nitrogen and oxygen atoms in total. The fourth-order valence-corrected chi connectivity index (χ4v) is 2.39. The zero-order valence-electron chi connectivity index (χ0n) is 11.9. The summed E-state index contributed by atoms with van der Waals surface area (Å²) in [7, 11) is 1.64. The minimum Gasteiger partial charge on any atom is -0.475 e. The Morgan fingerprint density at radius 3 is 2.80 bits per heavy atom. The molecule has 0 aromatic carbocycles. The van der Waals surface area contributed by atoms with Crippen LogP contribution in [-0.4, -0.2) is 30.3 Å². The third-order valence-electron chi connectivity index (χ3n) is 2.74. The van der Waals surface area contributed by atoms with Crippen LogP contribution in [0.3, 0.4) is 0 Å². The first-order valence-corrected chi connectivity index (χ1v) is 7.33. The van der Waals surface area contributed by atoms with Crippen LogP contribution in [0.5, 0.6) is 5.88 Å². The maximum absolute atomic E-state index is 5.42. The van der Waals surface area contributed by atoms with Crippen LogP contribution in [0.25, 0.3) is 0 Å². The molecular formula is C14H19N3O2S. The molecule has 1 atom stereocenters. The first-order valence-electron chi connectivity index (χ1n) is 6.45. The van der Waals surface area contributed by atoms with E-state index in [2.05, 4.69) is 27.6 Å². The normalized spacial score (nSPS) is 12.2. The Bertz CT molecular complexity index is 527. The summed E-state index contributed by atoms with van der Waals surface area (Å²) in [6, 6.07) is 3.95. The lowest BCUT2D eigenvalue weighted by molar-refractivity contribution is 0.144. The van der Waals surface area contributed by atoms with Gasteiger partial charge in [0.2, 0.25) is 5.88 Å². The summed E-state index contributed by atoms with van der Waals surface area (Å²) in [5.41, 5.74) is 2.00. The van der Waals surface area contributed by atoms with Gasteiger partial charge in [0.15, 0.2) is 0 Å². The maximum atomic E-state index is 5.42. The molecule has 108 valence electrons. The lowest BCUT2D eigenvalue weighted by Gasteiger charge is -2.13. The molecule has 0 aliphatic rings. The summed E-state index contributed by atoms with van der Waals surface area (Å²) in [5.74, 6) is 0.602. The number of methoxy groups -OCH3 is 1. The monoisotopic (exact) mass is 293 g/mol. The number of thiazole rings is 1. The Kier molecular flexibility index (Phi) is 5.31. The minimum absolute atomic E-state index is 0.155. The van der Waals surface area contributed by atoms with Gasteiger partial charge in [-0.05, 0) is 19.9 Å². The molecule has 0 spiro atoms. The molecule has 0 aliphatic carbocycles. The second-order valence-electron chi connectivity index (χ2n) is 4.38. The van der Waals surface area contributed by atoms with E-state index in [0.29, 0.717) is 19.1 Å². The van der Waals surface area contributed by atoms with Gasteiger partial charge in [0.1, 0.15) is 6.61 Å². The Morgan fingerprint density at radius 2 is 2.20 bits per heavy atom. The van der Waals surface area contributed by atoms with Gasteiger partial charge >= 0.3 is 0 Å². The molecule has 0 radical (unpaired) electrons. The third-order valence-corrected chi connectivity index (χ3v) is 3.53. The molecule has 6 heteroatoms. The number of aromatic nitrogens is 2. The van der Waals surface area contributed by atoms with E-state index in [1.165, 1.54) is 0 Å². The molecule has 0 fully saturated rings. The van der Waals surface area contributed by atoms with E-state index in [9.17, 15) is 0 Å². The van der Waals surface area contributed by atoms with E-state index >= 15 is 0 Å². The zero-order chi connectivity index (χ0) is 14.4. The SMILES string of the molecule is COCCOc1ccc(NC(C)c2csc(C)n2)cn1. The number of pyridine rings is 1. The Hall–Kier alpha value is -1.66. The predicted octanol–water partition coefficient (Wildman–Crippen LogP) is 3.04. The summed E-state index contributed by atoms with van der Waals surface area (Å²) < 4.78 is 10.3. The van der Waals surface area contributed by atoms with Crippen LogP contribution in [0.2, 0.25) is 0 Å². The van der Waals surface area contributed by atoms with Gasteiger partial charge in [0.25, 0.3) is 0 Å². The van der Waals surface area contributed by atoms with Gasteiger partial charge in [-0.1, -0.05) is 0 Å². The lowest BCUT2D eigenvalue weighted by atomic mass is 10.2. The molecule has 2 aromatic heterocycles. The highest BCUT2D eigenvalue weighted by Crippen LogP contribution is 2.21. The number of anilines is 1. The first kappa shape index (κ1) is 14.7. The second-order valence-corrected chi connectivity index (χ2v) is 5.45. The van der Waals surface area contributed by atoms with Crippen LogP contribution >= 0.6 is 11.3 Å². The van der Waals surface area contributed by atoms with E-state index < -0.39 is 0 Å². The van der Waals surface area contributed by atoms with E-state index in [-0.39, 0.29) is 6.04 Å². The third kappa shape index (κ3) is 4.18. The summed E-state index contributed by atoms with van der Waals surface area (Å²) in [6.45, 7) is 5.15. The highest BCUT2D eigenvalue weighted by atomic mass is 32.1. The Labute approximate surface area is 123 Å². The molecule has 2 aromatic rings.